The van der Waals surface area contributed by atoms with Crippen molar-refractivity contribution in [2.24, 2.45) is 0 Å². The van der Waals surface area contributed by atoms with Crippen LogP contribution in [-0.2, 0) is 11.2 Å². The Morgan fingerprint density at radius 3 is 2.53 bits per heavy atom. The van der Waals surface area contributed by atoms with Crippen molar-refractivity contribution < 1.29 is 4.74 Å². The van der Waals surface area contributed by atoms with Gasteiger partial charge in [-0.25, -0.2) is 0 Å². The smallest absolute Gasteiger partial charge is 0.0699 e. The highest BCUT2D eigenvalue weighted by Gasteiger charge is 2.16. The van der Waals surface area contributed by atoms with Gasteiger partial charge < -0.3 is 10.1 Å². The molecule has 1 N–H and O–H groups in total. The molecule has 0 aliphatic rings. The van der Waals surface area contributed by atoms with Crippen LogP contribution in [0.2, 0.25) is 0 Å². The Hall–Kier alpha value is -0.860. The van der Waals surface area contributed by atoms with Crippen LogP contribution in [0.3, 0.4) is 0 Å². The van der Waals surface area contributed by atoms with Crippen LogP contribution in [0.5, 0.6) is 0 Å². The monoisotopic (exact) mass is 263 g/mol. The Morgan fingerprint density at radius 1 is 1.16 bits per heavy atom. The molecular formula is C17H29NO. The zero-order valence-corrected chi connectivity index (χ0v) is 12.7. The molecule has 2 nitrogen and oxygen atoms in total. The third-order valence-corrected chi connectivity index (χ3v) is 3.48. The molecule has 0 aromatic heterocycles. The summed E-state index contributed by atoms with van der Waals surface area (Å²) in [6, 6.07) is 11.2. The largest absolute Gasteiger partial charge is 0.377 e. The molecular weight excluding hydrogens is 234 g/mol. The average Bonchev–Trinajstić information content (AvgIpc) is 2.44. The predicted octanol–water partition coefficient (Wildman–Crippen LogP) is 3.80. The Balaban J connectivity index is 2.35. The molecule has 1 aromatic rings. The molecule has 108 valence electrons. The van der Waals surface area contributed by atoms with Crippen LogP contribution >= 0.6 is 0 Å². The van der Waals surface area contributed by atoms with Gasteiger partial charge in [0.1, 0.15) is 0 Å². The van der Waals surface area contributed by atoms with Crippen LogP contribution in [0.25, 0.3) is 0 Å². The van der Waals surface area contributed by atoms with E-state index in [2.05, 4.69) is 56.4 Å². The number of ether oxygens (including phenoxy) is 1. The fraction of sp³-hybridized carbons (Fsp3) is 0.647. The lowest BCUT2D eigenvalue weighted by Crippen LogP contribution is -2.40. The quantitative estimate of drug-likeness (QED) is 0.693. The van der Waals surface area contributed by atoms with Crippen molar-refractivity contribution in [3.05, 3.63) is 35.9 Å². The molecule has 0 bridgehead atoms. The van der Waals surface area contributed by atoms with E-state index in [0.717, 1.165) is 19.6 Å². The first-order chi connectivity index (χ1) is 9.27. The molecule has 0 spiro atoms. The van der Waals surface area contributed by atoms with Crippen molar-refractivity contribution in [1.82, 2.24) is 5.32 Å². The van der Waals surface area contributed by atoms with Crippen LogP contribution in [0.1, 0.15) is 45.6 Å². The molecule has 0 heterocycles. The maximum Gasteiger partial charge on any atom is 0.0699 e. The summed E-state index contributed by atoms with van der Waals surface area (Å²) in [5.74, 6) is 0. The van der Waals surface area contributed by atoms with Gasteiger partial charge in [-0.15, -0.1) is 0 Å². The highest BCUT2D eigenvalue weighted by atomic mass is 16.5. The Labute approximate surface area is 118 Å². The van der Waals surface area contributed by atoms with Gasteiger partial charge in [-0.2, -0.15) is 0 Å². The third-order valence-electron chi connectivity index (χ3n) is 3.48. The predicted molar refractivity (Wildman–Crippen MR) is 82.5 cm³/mol. The molecule has 0 radical (unpaired) electrons. The molecule has 0 saturated heterocycles. The maximum atomic E-state index is 5.74. The molecule has 1 aromatic carbocycles. The molecule has 0 aliphatic heterocycles. The number of nitrogens with one attached hydrogen (secondary N) is 1. The summed E-state index contributed by atoms with van der Waals surface area (Å²) in [5, 5.41) is 3.62. The van der Waals surface area contributed by atoms with E-state index in [1.54, 1.807) is 0 Å². The maximum absolute atomic E-state index is 5.74. The van der Waals surface area contributed by atoms with E-state index in [1.165, 1.54) is 24.8 Å². The van der Waals surface area contributed by atoms with E-state index in [1.807, 2.05) is 0 Å². The summed E-state index contributed by atoms with van der Waals surface area (Å²) < 4.78 is 5.74. The lowest BCUT2D eigenvalue weighted by atomic mass is 10.0. The van der Waals surface area contributed by atoms with Gasteiger partial charge in [0.15, 0.2) is 0 Å². The summed E-state index contributed by atoms with van der Waals surface area (Å²) >= 11 is 0. The Morgan fingerprint density at radius 2 is 1.89 bits per heavy atom. The van der Waals surface area contributed by atoms with E-state index in [4.69, 9.17) is 4.74 Å². The number of rotatable bonds is 10. The first-order valence-corrected chi connectivity index (χ1v) is 7.66. The molecule has 2 heteroatoms. The SMILES string of the molecule is CCCNC(CCCc1ccccc1)C(C)OCC. The standard InChI is InChI=1S/C17H29NO/c1-4-14-18-17(15(3)19-5-2)13-9-12-16-10-7-6-8-11-16/h6-8,10-11,15,17-18H,4-5,9,12-14H2,1-3H3. The molecule has 0 aliphatic carbocycles. The fourth-order valence-electron chi connectivity index (χ4n) is 2.38. The van der Waals surface area contributed by atoms with E-state index < -0.39 is 0 Å². The summed E-state index contributed by atoms with van der Waals surface area (Å²) in [5.41, 5.74) is 1.43. The lowest BCUT2D eigenvalue weighted by molar-refractivity contribution is 0.0447. The number of aryl methyl sites for hydroxylation is 1. The number of benzene rings is 1. The van der Waals surface area contributed by atoms with Crippen molar-refractivity contribution in [3.63, 3.8) is 0 Å². The van der Waals surface area contributed by atoms with Crippen molar-refractivity contribution in [2.75, 3.05) is 13.2 Å². The minimum atomic E-state index is 0.298. The molecule has 1 rings (SSSR count). The zero-order chi connectivity index (χ0) is 13.9. The van der Waals surface area contributed by atoms with Gasteiger partial charge >= 0.3 is 0 Å². The topological polar surface area (TPSA) is 21.3 Å². The normalized spacial score (nSPS) is 14.3. The highest BCUT2D eigenvalue weighted by molar-refractivity contribution is 5.14. The molecule has 0 fully saturated rings. The van der Waals surface area contributed by atoms with E-state index in [-0.39, 0.29) is 0 Å². The first-order valence-electron chi connectivity index (χ1n) is 7.66. The van der Waals surface area contributed by atoms with E-state index in [0.29, 0.717) is 12.1 Å². The molecule has 2 atom stereocenters. The molecule has 19 heavy (non-hydrogen) atoms. The van der Waals surface area contributed by atoms with Crippen LogP contribution < -0.4 is 5.32 Å². The minimum Gasteiger partial charge on any atom is -0.377 e. The van der Waals surface area contributed by atoms with Crippen LogP contribution in [0, 0.1) is 0 Å². The molecule has 2 unspecified atom stereocenters. The van der Waals surface area contributed by atoms with Gasteiger partial charge in [0, 0.05) is 12.6 Å². The zero-order valence-electron chi connectivity index (χ0n) is 12.7. The number of hydrogen-bond donors (Lipinski definition) is 1. The van der Waals surface area contributed by atoms with Gasteiger partial charge in [0.25, 0.3) is 0 Å². The third kappa shape index (κ3) is 6.74. The van der Waals surface area contributed by atoms with E-state index in [9.17, 15) is 0 Å². The van der Waals surface area contributed by atoms with Gasteiger partial charge in [0.2, 0.25) is 0 Å². The lowest BCUT2D eigenvalue weighted by Gasteiger charge is -2.25. The van der Waals surface area contributed by atoms with Crippen LogP contribution in [0.15, 0.2) is 30.3 Å². The highest BCUT2D eigenvalue weighted by Crippen LogP contribution is 2.10. The average molecular weight is 263 g/mol. The fourth-order valence-corrected chi connectivity index (χ4v) is 2.38. The Kier molecular flexibility index (Phi) is 8.52. The summed E-state index contributed by atoms with van der Waals surface area (Å²) in [6.07, 6.45) is 5.02. The Bertz CT molecular complexity index is 312. The first kappa shape index (κ1) is 16.2. The molecule has 0 saturated carbocycles. The minimum absolute atomic E-state index is 0.298. The second-order valence-electron chi connectivity index (χ2n) is 5.10. The van der Waals surface area contributed by atoms with E-state index >= 15 is 0 Å². The number of hydrogen-bond acceptors (Lipinski definition) is 2. The van der Waals surface area contributed by atoms with Gasteiger partial charge in [-0.05, 0) is 51.6 Å². The second kappa shape index (κ2) is 9.99. The van der Waals surface area contributed by atoms with Crippen LogP contribution in [0.4, 0.5) is 0 Å². The second-order valence-corrected chi connectivity index (χ2v) is 5.10. The summed E-state index contributed by atoms with van der Waals surface area (Å²) in [7, 11) is 0. The van der Waals surface area contributed by atoms with Crippen LogP contribution in [-0.4, -0.2) is 25.3 Å². The van der Waals surface area contributed by atoms with Crippen molar-refractivity contribution in [3.8, 4) is 0 Å². The molecule has 0 amide bonds. The van der Waals surface area contributed by atoms with Gasteiger partial charge in [0.05, 0.1) is 6.10 Å². The van der Waals surface area contributed by atoms with Crippen molar-refractivity contribution >= 4 is 0 Å². The summed E-state index contributed by atoms with van der Waals surface area (Å²) in [4.78, 5) is 0. The van der Waals surface area contributed by atoms with Gasteiger partial charge in [-0.3, -0.25) is 0 Å². The van der Waals surface area contributed by atoms with Crippen molar-refractivity contribution in [1.29, 1.82) is 0 Å². The van der Waals surface area contributed by atoms with Gasteiger partial charge in [-0.1, -0.05) is 37.3 Å². The van der Waals surface area contributed by atoms with Crippen molar-refractivity contribution in [2.45, 2.75) is 58.6 Å². The summed E-state index contributed by atoms with van der Waals surface area (Å²) in [6.45, 7) is 8.33.